The summed E-state index contributed by atoms with van der Waals surface area (Å²) >= 11 is 0. The molecule has 0 atom stereocenters. The second-order valence-electron chi connectivity index (χ2n) is 6.89. The number of urea groups is 1. The lowest BCUT2D eigenvalue weighted by molar-refractivity contribution is 0.0241. The molecule has 1 aromatic carbocycles. The summed E-state index contributed by atoms with van der Waals surface area (Å²) in [4.78, 5) is 30.3. The van der Waals surface area contributed by atoms with Crippen LogP contribution in [-0.2, 0) is 0 Å². The van der Waals surface area contributed by atoms with Crippen LogP contribution in [0.25, 0.3) is 11.0 Å². The number of nitrogens with zero attached hydrogens (tertiary/aromatic N) is 5. The Hall–Kier alpha value is -2.64. The lowest BCUT2D eigenvalue weighted by Gasteiger charge is -2.47. The van der Waals surface area contributed by atoms with Gasteiger partial charge >= 0.3 is 6.03 Å². The van der Waals surface area contributed by atoms with Gasteiger partial charge in [0.2, 0.25) is 0 Å². The number of benzene rings is 1. The highest BCUT2D eigenvalue weighted by Crippen LogP contribution is 2.24. The second kappa shape index (κ2) is 5.77. The Morgan fingerprint density at radius 2 is 1.88 bits per heavy atom. The van der Waals surface area contributed by atoms with Crippen molar-refractivity contribution in [2.75, 3.05) is 33.7 Å². The van der Waals surface area contributed by atoms with Crippen LogP contribution in [0.5, 0.6) is 0 Å². The van der Waals surface area contributed by atoms with Gasteiger partial charge in [-0.2, -0.15) is 15.4 Å². The minimum absolute atomic E-state index is 0.0285. The van der Waals surface area contributed by atoms with Gasteiger partial charge in [-0.15, -0.1) is 0 Å². The minimum Gasteiger partial charge on any atom is -0.331 e. The van der Waals surface area contributed by atoms with E-state index in [2.05, 4.69) is 15.4 Å². The van der Waals surface area contributed by atoms with Gasteiger partial charge in [-0.3, -0.25) is 4.79 Å². The summed E-state index contributed by atoms with van der Waals surface area (Å²) < 4.78 is 0. The normalized spacial score (nSPS) is 17.2. The lowest BCUT2D eigenvalue weighted by Crippen LogP contribution is -2.63. The summed E-state index contributed by atoms with van der Waals surface area (Å²) in [6.07, 6.45) is 0. The molecule has 0 unspecified atom stereocenters. The van der Waals surface area contributed by atoms with E-state index in [1.807, 2.05) is 18.7 Å². The van der Waals surface area contributed by atoms with Gasteiger partial charge in [0.05, 0.1) is 5.54 Å². The van der Waals surface area contributed by atoms with Crippen molar-refractivity contribution in [2.24, 2.45) is 0 Å². The summed E-state index contributed by atoms with van der Waals surface area (Å²) in [5, 5.41) is 10.6. The van der Waals surface area contributed by atoms with Gasteiger partial charge in [-0.05, 0) is 32.0 Å². The van der Waals surface area contributed by atoms with Crippen LogP contribution < -0.4 is 0 Å². The molecule has 0 aliphatic carbocycles. The van der Waals surface area contributed by atoms with E-state index in [9.17, 15) is 9.59 Å². The third kappa shape index (κ3) is 2.79. The molecule has 1 N–H and O–H groups in total. The van der Waals surface area contributed by atoms with Crippen molar-refractivity contribution in [3.63, 3.8) is 0 Å². The van der Waals surface area contributed by atoms with Crippen molar-refractivity contribution in [2.45, 2.75) is 19.4 Å². The Bertz CT molecular complexity index is 782. The van der Waals surface area contributed by atoms with E-state index in [1.54, 1.807) is 42.1 Å². The van der Waals surface area contributed by atoms with Crippen LogP contribution in [0.15, 0.2) is 18.2 Å². The maximum atomic E-state index is 12.9. The van der Waals surface area contributed by atoms with Gasteiger partial charge in [0, 0.05) is 39.3 Å². The molecule has 0 saturated carbocycles. The number of hydrogen-bond acceptors (Lipinski definition) is 4. The summed E-state index contributed by atoms with van der Waals surface area (Å²) in [5.41, 5.74) is 1.53. The van der Waals surface area contributed by atoms with Crippen LogP contribution in [-0.4, -0.2) is 81.3 Å². The number of aromatic nitrogens is 3. The number of piperazine rings is 1. The zero-order valence-electron chi connectivity index (χ0n) is 14.4. The zero-order valence-corrected chi connectivity index (χ0v) is 14.4. The van der Waals surface area contributed by atoms with E-state index in [0.29, 0.717) is 30.7 Å². The number of amides is 3. The molecule has 24 heavy (non-hydrogen) atoms. The Morgan fingerprint density at radius 3 is 2.54 bits per heavy atom. The quantitative estimate of drug-likeness (QED) is 0.851. The average molecular weight is 330 g/mol. The number of H-pyrrole nitrogens is 1. The van der Waals surface area contributed by atoms with Crippen LogP contribution in [0, 0.1) is 0 Å². The summed E-state index contributed by atoms with van der Waals surface area (Å²) in [6, 6.07) is 5.26. The summed E-state index contributed by atoms with van der Waals surface area (Å²) in [7, 11) is 3.47. The van der Waals surface area contributed by atoms with E-state index in [1.165, 1.54) is 0 Å². The first-order valence-corrected chi connectivity index (χ1v) is 7.88. The fourth-order valence-corrected chi connectivity index (χ4v) is 3.11. The van der Waals surface area contributed by atoms with Gasteiger partial charge in [0.15, 0.2) is 0 Å². The smallest absolute Gasteiger partial charge is 0.319 e. The standard InChI is InChI=1S/C16H22N6O2/c1-16(2)10-21(15(24)20(3)4)7-8-22(16)14(23)11-5-6-12-13(9-11)18-19-17-12/h5-6,9H,7-8,10H2,1-4H3,(H,17,18,19). The number of aromatic amines is 1. The van der Waals surface area contributed by atoms with Crippen molar-refractivity contribution in [3.05, 3.63) is 23.8 Å². The highest BCUT2D eigenvalue weighted by molar-refractivity contribution is 5.97. The monoisotopic (exact) mass is 330 g/mol. The summed E-state index contributed by atoms with van der Waals surface area (Å²) in [6.45, 7) is 5.49. The topological polar surface area (TPSA) is 85.4 Å². The highest BCUT2D eigenvalue weighted by Gasteiger charge is 2.39. The summed E-state index contributed by atoms with van der Waals surface area (Å²) in [5.74, 6) is -0.0538. The van der Waals surface area contributed by atoms with Crippen molar-refractivity contribution in [1.82, 2.24) is 30.1 Å². The largest absolute Gasteiger partial charge is 0.331 e. The van der Waals surface area contributed by atoms with Gasteiger partial charge < -0.3 is 14.7 Å². The lowest BCUT2D eigenvalue weighted by atomic mass is 9.97. The Kier molecular flexibility index (Phi) is 3.90. The molecule has 2 aromatic rings. The Balaban J connectivity index is 1.81. The number of hydrogen-bond donors (Lipinski definition) is 1. The molecule has 1 fully saturated rings. The molecule has 1 aliphatic heterocycles. The van der Waals surface area contributed by atoms with Crippen molar-refractivity contribution in [3.8, 4) is 0 Å². The molecule has 3 amide bonds. The van der Waals surface area contributed by atoms with Crippen molar-refractivity contribution >= 4 is 23.0 Å². The minimum atomic E-state index is -0.445. The first-order chi connectivity index (χ1) is 11.3. The molecule has 0 spiro atoms. The first-order valence-electron chi connectivity index (χ1n) is 7.88. The van der Waals surface area contributed by atoms with Gasteiger partial charge in [-0.1, -0.05) is 0 Å². The number of carbonyl (C=O) groups is 2. The van der Waals surface area contributed by atoms with Crippen LogP contribution in [0.2, 0.25) is 0 Å². The molecule has 1 aliphatic rings. The molecule has 2 heterocycles. The van der Waals surface area contributed by atoms with Crippen molar-refractivity contribution in [1.29, 1.82) is 0 Å². The molecule has 0 bridgehead atoms. The van der Waals surface area contributed by atoms with Gasteiger partial charge in [0.25, 0.3) is 5.91 Å². The zero-order chi connectivity index (χ0) is 17.5. The Morgan fingerprint density at radius 1 is 1.17 bits per heavy atom. The van der Waals surface area contributed by atoms with E-state index in [4.69, 9.17) is 0 Å². The molecular weight excluding hydrogens is 308 g/mol. The highest BCUT2D eigenvalue weighted by atomic mass is 16.2. The third-order valence-corrected chi connectivity index (χ3v) is 4.36. The van der Waals surface area contributed by atoms with E-state index in [-0.39, 0.29) is 11.9 Å². The van der Waals surface area contributed by atoms with Crippen molar-refractivity contribution < 1.29 is 9.59 Å². The molecule has 128 valence electrons. The number of fused-ring (bicyclic) bond motifs is 1. The first kappa shape index (κ1) is 16.2. The van der Waals surface area contributed by atoms with Crippen LogP contribution in [0.1, 0.15) is 24.2 Å². The maximum Gasteiger partial charge on any atom is 0.319 e. The molecular formula is C16H22N6O2. The SMILES string of the molecule is CN(C)C(=O)N1CCN(C(=O)c2ccc3n[nH]nc3c2)C(C)(C)C1. The fraction of sp³-hybridized carbons (Fsp3) is 0.500. The predicted molar refractivity (Wildman–Crippen MR) is 89.7 cm³/mol. The molecule has 0 radical (unpaired) electrons. The van der Waals surface area contributed by atoms with Crippen LogP contribution in [0.4, 0.5) is 4.79 Å². The molecule has 3 rings (SSSR count). The van der Waals surface area contributed by atoms with E-state index >= 15 is 0 Å². The van der Waals surface area contributed by atoms with Crippen LogP contribution >= 0.6 is 0 Å². The predicted octanol–water partition coefficient (Wildman–Crippen LogP) is 1.18. The molecule has 8 nitrogen and oxygen atoms in total. The number of carbonyl (C=O) groups excluding carboxylic acids is 2. The number of nitrogens with one attached hydrogen (secondary N) is 1. The average Bonchev–Trinajstić information content (AvgIpc) is 2.99. The number of rotatable bonds is 1. The van der Waals surface area contributed by atoms with Crippen LogP contribution in [0.3, 0.4) is 0 Å². The third-order valence-electron chi connectivity index (χ3n) is 4.36. The molecule has 1 aromatic heterocycles. The van der Waals surface area contributed by atoms with Gasteiger partial charge in [0.1, 0.15) is 11.0 Å². The fourth-order valence-electron chi connectivity index (χ4n) is 3.11. The van der Waals surface area contributed by atoms with E-state index in [0.717, 1.165) is 5.52 Å². The van der Waals surface area contributed by atoms with E-state index < -0.39 is 5.54 Å². The maximum absolute atomic E-state index is 12.9. The molecule has 1 saturated heterocycles. The second-order valence-corrected chi connectivity index (χ2v) is 6.89. The molecule has 8 heteroatoms. The Labute approximate surface area is 140 Å². The van der Waals surface area contributed by atoms with Gasteiger partial charge in [-0.25, -0.2) is 4.79 Å².